The fourth-order valence-electron chi connectivity index (χ4n) is 2.05. The highest BCUT2D eigenvalue weighted by Gasteiger charge is 1.98. The number of benzene rings is 2. The Balaban J connectivity index is 2.03. The molecule has 0 fully saturated rings. The predicted molar refractivity (Wildman–Crippen MR) is 89.5 cm³/mol. The SMILES string of the molecule is C=C(/C=C/c1ccccc1)Cc1cccc(C(=C)C)c1. The van der Waals surface area contributed by atoms with E-state index in [1.54, 1.807) is 0 Å². The van der Waals surface area contributed by atoms with E-state index in [9.17, 15) is 0 Å². The van der Waals surface area contributed by atoms with Crippen molar-refractivity contribution in [2.75, 3.05) is 0 Å². The minimum atomic E-state index is 0.866. The van der Waals surface area contributed by atoms with Crippen LogP contribution in [0.1, 0.15) is 23.6 Å². The van der Waals surface area contributed by atoms with Gasteiger partial charge >= 0.3 is 0 Å². The van der Waals surface area contributed by atoms with Crippen LogP contribution in [0.3, 0.4) is 0 Å². The van der Waals surface area contributed by atoms with Gasteiger partial charge in [0.15, 0.2) is 0 Å². The first-order chi connectivity index (χ1) is 9.65. The lowest BCUT2D eigenvalue weighted by Crippen LogP contribution is -1.88. The van der Waals surface area contributed by atoms with Gasteiger partial charge in [-0.05, 0) is 30.0 Å². The van der Waals surface area contributed by atoms with E-state index in [2.05, 4.69) is 61.7 Å². The average molecular weight is 260 g/mol. The van der Waals surface area contributed by atoms with E-state index >= 15 is 0 Å². The molecule has 0 saturated carbocycles. The molecule has 0 nitrogen and oxygen atoms in total. The van der Waals surface area contributed by atoms with Gasteiger partial charge in [0.1, 0.15) is 0 Å². The van der Waals surface area contributed by atoms with Crippen LogP contribution in [0.5, 0.6) is 0 Å². The Morgan fingerprint density at radius 3 is 2.45 bits per heavy atom. The van der Waals surface area contributed by atoms with Gasteiger partial charge in [0, 0.05) is 0 Å². The highest BCUT2D eigenvalue weighted by molar-refractivity contribution is 5.62. The molecule has 0 aliphatic rings. The summed E-state index contributed by atoms with van der Waals surface area (Å²) in [5.74, 6) is 0. The summed E-state index contributed by atoms with van der Waals surface area (Å²) in [6.07, 6.45) is 5.05. The maximum atomic E-state index is 4.13. The maximum Gasteiger partial charge on any atom is -0.00314 e. The third kappa shape index (κ3) is 4.10. The van der Waals surface area contributed by atoms with Crippen LogP contribution in [-0.4, -0.2) is 0 Å². The molecule has 2 aromatic carbocycles. The molecule has 0 radical (unpaired) electrons. The lowest BCUT2D eigenvalue weighted by molar-refractivity contribution is 1.20. The molecule has 0 spiro atoms. The summed E-state index contributed by atoms with van der Waals surface area (Å²) < 4.78 is 0. The fraction of sp³-hybridized carbons (Fsp3) is 0.100. The molecule has 0 heteroatoms. The monoisotopic (exact) mass is 260 g/mol. The Labute approximate surface area is 121 Å². The zero-order valence-electron chi connectivity index (χ0n) is 12.0. The zero-order valence-corrected chi connectivity index (χ0v) is 12.0. The van der Waals surface area contributed by atoms with Crippen molar-refractivity contribution in [1.29, 1.82) is 0 Å². The molecule has 20 heavy (non-hydrogen) atoms. The number of allylic oxidation sites excluding steroid dienone is 3. The zero-order chi connectivity index (χ0) is 14.4. The topological polar surface area (TPSA) is 0 Å². The van der Waals surface area contributed by atoms with Gasteiger partial charge in [0.05, 0.1) is 0 Å². The first-order valence-corrected chi connectivity index (χ1v) is 6.81. The van der Waals surface area contributed by atoms with Crippen molar-refractivity contribution >= 4 is 11.6 Å². The van der Waals surface area contributed by atoms with Crippen molar-refractivity contribution in [3.63, 3.8) is 0 Å². The van der Waals surface area contributed by atoms with Gasteiger partial charge in [0.2, 0.25) is 0 Å². The number of rotatable bonds is 5. The highest BCUT2D eigenvalue weighted by atomic mass is 14.0. The molecule has 0 aliphatic heterocycles. The second-order valence-electron chi connectivity index (χ2n) is 5.06. The van der Waals surface area contributed by atoms with E-state index in [4.69, 9.17) is 0 Å². The smallest absolute Gasteiger partial charge is 0.00314 e. The minimum Gasteiger partial charge on any atom is -0.0955 e. The van der Waals surface area contributed by atoms with Crippen LogP contribution in [-0.2, 0) is 6.42 Å². The van der Waals surface area contributed by atoms with Crippen molar-refractivity contribution in [2.24, 2.45) is 0 Å². The van der Waals surface area contributed by atoms with E-state index < -0.39 is 0 Å². The van der Waals surface area contributed by atoms with E-state index in [1.165, 1.54) is 16.7 Å². The van der Waals surface area contributed by atoms with Crippen molar-refractivity contribution in [3.05, 3.63) is 96.1 Å². The van der Waals surface area contributed by atoms with Crippen LogP contribution in [0.2, 0.25) is 0 Å². The molecular weight excluding hydrogens is 240 g/mol. The Kier molecular flexibility index (Phi) is 4.73. The summed E-state index contributed by atoms with van der Waals surface area (Å²) in [5, 5.41) is 0. The molecule has 0 aromatic heterocycles. The van der Waals surface area contributed by atoms with E-state index in [-0.39, 0.29) is 0 Å². The Hall–Kier alpha value is -2.34. The van der Waals surface area contributed by atoms with E-state index in [0.29, 0.717) is 0 Å². The third-order valence-corrected chi connectivity index (χ3v) is 3.16. The van der Waals surface area contributed by atoms with Crippen LogP contribution in [0.4, 0.5) is 0 Å². The first kappa shape index (κ1) is 14.1. The summed E-state index contributed by atoms with van der Waals surface area (Å²) in [6.45, 7) is 10.1. The molecule has 0 N–H and O–H groups in total. The standard InChI is InChI=1S/C20H20/c1-16(2)20-11-7-10-19(15-20)14-17(3)12-13-18-8-5-4-6-9-18/h4-13,15H,1,3,14H2,2H3/b13-12+. The number of hydrogen-bond donors (Lipinski definition) is 0. The normalized spacial score (nSPS) is 10.7. The van der Waals surface area contributed by atoms with Gasteiger partial charge in [0.25, 0.3) is 0 Å². The lowest BCUT2D eigenvalue weighted by atomic mass is 10.0. The van der Waals surface area contributed by atoms with Gasteiger partial charge in [-0.3, -0.25) is 0 Å². The molecule has 0 heterocycles. The Morgan fingerprint density at radius 1 is 1.00 bits per heavy atom. The molecule has 100 valence electrons. The molecule has 0 bridgehead atoms. The molecule has 0 saturated heterocycles. The molecule has 2 rings (SSSR count). The lowest BCUT2D eigenvalue weighted by Gasteiger charge is -2.05. The maximum absolute atomic E-state index is 4.13. The third-order valence-electron chi connectivity index (χ3n) is 3.16. The van der Waals surface area contributed by atoms with Gasteiger partial charge in [-0.2, -0.15) is 0 Å². The summed E-state index contributed by atoms with van der Waals surface area (Å²) in [6, 6.07) is 18.8. The summed E-state index contributed by atoms with van der Waals surface area (Å²) >= 11 is 0. The summed E-state index contributed by atoms with van der Waals surface area (Å²) in [5.41, 5.74) is 5.87. The van der Waals surface area contributed by atoms with Crippen LogP contribution < -0.4 is 0 Å². The van der Waals surface area contributed by atoms with Crippen molar-refractivity contribution < 1.29 is 0 Å². The largest absolute Gasteiger partial charge is 0.0955 e. The predicted octanol–water partition coefficient (Wildman–Crippen LogP) is 5.53. The van der Waals surface area contributed by atoms with E-state index in [0.717, 1.165) is 17.6 Å². The second-order valence-corrected chi connectivity index (χ2v) is 5.06. The summed E-state index contributed by atoms with van der Waals surface area (Å²) in [4.78, 5) is 0. The molecule has 2 aromatic rings. The molecule has 0 aliphatic carbocycles. The van der Waals surface area contributed by atoms with Crippen molar-refractivity contribution in [1.82, 2.24) is 0 Å². The molecule has 0 atom stereocenters. The molecular formula is C20H20. The molecule has 0 amide bonds. The number of hydrogen-bond acceptors (Lipinski definition) is 0. The second kappa shape index (κ2) is 6.72. The van der Waals surface area contributed by atoms with Gasteiger partial charge < -0.3 is 0 Å². The van der Waals surface area contributed by atoms with Crippen LogP contribution in [0.15, 0.2) is 79.4 Å². The quantitative estimate of drug-likeness (QED) is 0.620. The fourth-order valence-corrected chi connectivity index (χ4v) is 2.05. The Morgan fingerprint density at radius 2 is 1.75 bits per heavy atom. The van der Waals surface area contributed by atoms with E-state index in [1.807, 2.05) is 25.1 Å². The van der Waals surface area contributed by atoms with Crippen LogP contribution in [0, 0.1) is 0 Å². The average Bonchev–Trinajstić information content (AvgIpc) is 2.46. The minimum absolute atomic E-state index is 0.866. The van der Waals surface area contributed by atoms with Crippen molar-refractivity contribution in [2.45, 2.75) is 13.3 Å². The van der Waals surface area contributed by atoms with Crippen LogP contribution >= 0.6 is 0 Å². The van der Waals surface area contributed by atoms with Gasteiger partial charge in [-0.15, -0.1) is 0 Å². The Bertz CT molecular complexity index is 630. The van der Waals surface area contributed by atoms with Gasteiger partial charge in [-0.1, -0.05) is 91.1 Å². The van der Waals surface area contributed by atoms with Crippen LogP contribution in [0.25, 0.3) is 11.6 Å². The summed E-state index contributed by atoms with van der Waals surface area (Å²) in [7, 11) is 0. The van der Waals surface area contributed by atoms with Crippen molar-refractivity contribution in [3.8, 4) is 0 Å². The van der Waals surface area contributed by atoms with Gasteiger partial charge in [-0.25, -0.2) is 0 Å². The highest BCUT2D eigenvalue weighted by Crippen LogP contribution is 2.16. The first-order valence-electron chi connectivity index (χ1n) is 6.81. The molecule has 0 unspecified atom stereocenters.